The van der Waals surface area contributed by atoms with Gasteiger partial charge in [-0.3, -0.25) is 0 Å². The maximum Gasteiger partial charge on any atom is 0.337 e. The van der Waals surface area contributed by atoms with Crippen molar-refractivity contribution in [2.75, 3.05) is 0 Å². The third-order valence-corrected chi connectivity index (χ3v) is 3.27. The molecule has 0 unspecified atom stereocenters. The van der Waals surface area contributed by atoms with Gasteiger partial charge in [0.05, 0.1) is 5.56 Å². The zero-order chi connectivity index (χ0) is 14.1. The van der Waals surface area contributed by atoms with Gasteiger partial charge in [0.25, 0.3) is 0 Å². The summed E-state index contributed by atoms with van der Waals surface area (Å²) in [6.07, 6.45) is 1.56. The number of hydrogen-bond donors (Lipinski definition) is 1. The van der Waals surface area contributed by atoms with Crippen molar-refractivity contribution in [1.82, 2.24) is 4.57 Å². The van der Waals surface area contributed by atoms with Crippen LogP contribution in [0.1, 0.15) is 15.9 Å². The minimum absolute atomic E-state index is 0.121. The number of aromatic nitrogens is 1. The molecule has 20 heavy (non-hydrogen) atoms. The van der Waals surface area contributed by atoms with Crippen LogP contribution in [0.5, 0.6) is 0 Å². The Morgan fingerprint density at radius 1 is 1.15 bits per heavy atom. The second-order valence-electron chi connectivity index (χ2n) is 4.62. The second-order valence-corrected chi connectivity index (χ2v) is 4.62. The number of carboxylic acid groups (broad SMARTS) is 1. The lowest BCUT2D eigenvalue weighted by Gasteiger charge is -2.05. The summed E-state index contributed by atoms with van der Waals surface area (Å²) >= 11 is 0. The predicted octanol–water partition coefficient (Wildman–Crippen LogP) is 3.53. The third-order valence-electron chi connectivity index (χ3n) is 3.27. The fourth-order valence-corrected chi connectivity index (χ4v) is 2.35. The molecule has 0 bridgehead atoms. The topological polar surface area (TPSA) is 42.2 Å². The van der Waals surface area contributed by atoms with E-state index in [4.69, 9.17) is 0 Å². The first-order valence-electron chi connectivity index (χ1n) is 6.21. The van der Waals surface area contributed by atoms with Crippen LogP contribution in [-0.2, 0) is 6.54 Å². The molecule has 0 aliphatic carbocycles. The molecule has 2 aromatic carbocycles. The van der Waals surface area contributed by atoms with E-state index >= 15 is 0 Å². The molecule has 0 fully saturated rings. The van der Waals surface area contributed by atoms with Gasteiger partial charge in [0.1, 0.15) is 5.82 Å². The maximum atomic E-state index is 13.3. The molecule has 0 amide bonds. The predicted molar refractivity (Wildman–Crippen MR) is 74.4 cm³/mol. The molecule has 4 heteroatoms. The second kappa shape index (κ2) is 4.81. The van der Waals surface area contributed by atoms with E-state index in [1.165, 1.54) is 12.1 Å². The molecule has 0 saturated carbocycles. The van der Waals surface area contributed by atoms with Crippen molar-refractivity contribution in [1.29, 1.82) is 0 Å². The molecule has 0 radical (unpaired) electrons. The van der Waals surface area contributed by atoms with Gasteiger partial charge in [-0.15, -0.1) is 0 Å². The van der Waals surface area contributed by atoms with Crippen LogP contribution in [0.4, 0.5) is 4.39 Å². The molecule has 0 saturated heterocycles. The van der Waals surface area contributed by atoms with Crippen LogP contribution < -0.4 is 0 Å². The van der Waals surface area contributed by atoms with Gasteiger partial charge >= 0.3 is 5.97 Å². The standard InChI is InChI=1S/C16H12FNO2/c17-12-6-7-15-13(8-12)14(16(19)20)10-18(15)9-11-4-2-1-3-5-11/h1-8,10H,9H2,(H,19,20). The minimum Gasteiger partial charge on any atom is -0.478 e. The van der Waals surface area contributed by atoms with Gasteiger partial charge in [0.2, 0.25) is 0 Å². The van der Waals surface area contributed by atoms with Gasteiger partial charge in [-0.1, -0.05) is 30.3 Å². The van der Waals surface area contributed by atoms with Crippen LogP contribution in [-0.4, -0.2) is 15.6 Å². The van der Waals surface area contributed by atoms with Crippen molar-refractivity contribution < 1.29 is 14.3 Å². The smallest absolute Gasteiger partial charge is 0.337 e. The molecule has 0 aliphatic heterocycles. The van der Waals surface area contributed by atoms with E-state index in [0.717, 1.165) is 5.56 Å². The summed E-state index contributed by atoms with van der Waals surface area (Å²) in [4.78, 5) is 11.3. The Bertz CT molecular complexity index is 778. The Morgan fingerprint density at radius 3 is 2.60 bits per heavy atom. The number of aromatic carboxylic acids is 1. The van der Waals surface area contributed by atoms with E-state index in [2.05, 4.69) is 0 Å². The van der Waals surface area contributed by atoms with E-state index in [-0.39, 0.29) is 5.56 Å². The highest BCUT2D eigenvalue weighted by atomic mass is 19.1. The monoisotopic (exact) mass is 269 g/mol. The van der Waals surface area contributed by atoms with Crippen LogP contribution in [0.25, 0.3) is 10.9 Å². The average Bonchev–Trinajstić information content (AvgIpc) is 2.78. The van der Waals surface area contributed by atoms with Gasteiger partial charge < -0.3 is 9.67 Å². The Kier molecular flexibility index (Phi) is 2.99. The Labute approximate surface area is 114 Å². The number of benzene rings is 2. The van der Waals surface area contributed by atoms with E-state index in [9.17, 15) is 14.3 Å². The highest BCUT2D eigenvalue weighted by Gasteiger charge is 2.14. The van der Waals surface area contributed by atoms with Gasteiger partial charge in [0.15, 0.2) is 0 Å². The van der Waals surface area contributed by atoms with E-state index in [0.29, 0.717) is 17.4 Å². The Morgan fingerprint density at radius 2 is 1.90 bits per heavy atom. The molecule has 100 valence electrons. The summed E-state index contributed by atoms with van der Waals surface area (Å²) < 4.78 is 15.1. The lowest BCUT2D eigenvalue weighted by Crippen LogP contribution is -1.98. The average molecular weight is 269 g/mol. The summed E-state index contributed by atoms with van der Waals surface area (Å²) in [5.74, 6) is -1.48. The van der Waals surface area contributed by atoms with Crippen molar-refractivity contribution in [3.05, 3.63) is 71.7 Å². The minimum atomic E-state index is -1.05. The SMILES string of the molecule is O=C(O)c1cn(Cc2ccccc2)c2ccc(F)cc12. The van der Waals surface area contributed by atoms with E-state index in [1.54, 1.807) is 12.3 Å². The van der Waals surface area contributed by atoms with Crippen molar-refractivity contribution >= 4 is 16.9 Å². The molecular formula is C16H12FNO2. The highest BCUT2D eigenvalue weighted by Crippen LogP contribution is 2.23. The van der Waals surface area contributed by atoms with E-state index < -0.39 is 11.8 Å². The number of nitrogens with zero attached hydrogens (tertiary/aromatic N) is 1. The van der Waals surface area contributed by atoms with Crippen LogP contribution in [0.3, 0.4) is 0 Å². The largest absolute Gasteiger partial charge is 0.478 e. The number of carbonyl (C=O) groups is 1. The van der Waals surface area contributed by atoms with Crippen LogP contribution in [0.2, 0.25) is 0 Å². The summed E-state index contributed by atoms with van der Waals surface area (Å²) in [5, 5.41) is 9.64. The molecule has 1 aromatic heterocycles. The molecule has 3 nitrogen and oxygen atoms in total. The lowest BCUT2D eigenvalue weighted by atomic mass is 10.2. The van der Waals surface area contributed by atoms with Crippen molar-refractivity contribution in [3.63, 3.8) is 0 Å². The Hall–Kier alpha value is -2.62. The molecule has 3 rings (SSSR count). The molecular weight excluding hydrogens is 257 g/mol. The van der Waals surface area contributed by atoms with Crippen LogP contribution in [0, 0.1) is 5.82 Å². The number of halogens is 1. The molecule has 0 spiro atoms. The summed E-state index contributed by atoms with van der Waals surface area (Å²) in [7, 11) is 0. The first kappa shape index (κ1) is 12.4. The summed E-state index contributed by atoms with van der Waals surface area (Å²) in [6, 6.07) is 13.9. The fraction of sp³-hybridized carbons (Fsp3) is 0.0625. The van der Waals surface area contributed by atoms with Crippen molar-refractivity contribution in [2.45, 2.75) is 6.54 Å². The Balaban J connectivity index is 2.14. The first-order chi connectivity index (χ1) is 9.65. The van der Waals surface area contributed by atoms with Gasteiger partial charge in [-0.05, 0) is 23.8 Å². The first-order valence-corrected chi connectivity index (χ1v) is 6.21. The lowest BCUT2D eigenvalue weighted by molar-refractivity contribution is 0.0699. The number of fused-ring (bicyclic) bond motifs is 1. The molecule has 1 heterocycles. The summed E-state index contributed by atoms with van der Waals surface area (Å²) in [6.45, 7) is 0.552. The normalized spacial score (nSPS) is 10.8. The highest BCUT2D eigenvalue weighted by molar-refractivity contribution is 6.03. The quantitative estimate of drug-likeness (QED) is 0.790. The zero-order valence-electron chi connectivity index (χ0n) is 10.6. The molecule has 0 atom stereocenters. The van der Waals surface area contributed by atoms with E-state index in [1.807, 2.05) is 34.9 Å². The van der Waals surface area contributed by atoms with Crippen LogP contribution in [0.15, 0.2) is 54.7 Å². The zero-order valence-corrected chi connectivity index (χ0v) is 10.6. The van der Waals surface area contributed by atoms with Crippen molar-refractivity contribution in [2.24, 2.45) is 0 Å². The maximum absolute atomic E-state index is 13.3. The molecule has 1 N–H and O–H groups in total. The van der Waals surface area contributed by atoms with Gasteiger partial charge in [0, 0.05) is 23.6 Å². The third kappa shape index (κ3) is 2.16. The van der Waals surface area contributed by atoms with Crippen LogP contribution >= 0.6 is 0 Å². The van der Waals surface area contributed by atoms with Crippen molar-refractivity contribution in [3.8, 4) is 0 Å². The van der Waals surface area contributed by atoms with Gasteiger partial charge in [-0.25, -0.2) is 9.18 Å². The number of rotatable bonds is 3. The summed E-state index contributed by atoms with van der Waals surface area (Å²) in [5.41, 5.74) is 1.90. The molecule has 3 aromatic rings. The molecule has 0 aliphatic rings. The van der Waals surface area contributed by atoms with Gasteiger partial charge in [-0.2, -0.15) is 0 Å². The number of carboxylic acids is 1. The number of hydrogen-bond acceptors (Lipinski definition) is 1. The fourth-order valence-electron chi connectivity index (χ4n) is 2.35.